The second kappa shape index (κ2) is 11.7. The third-order valence-electron chi connectivity index (χ3n) is 5.47. The predicted molar refractivity (Wildman–Crippen MR) is 126 cm³/mol. The van der Waals surface area contributed by atoms with Crippen LogP contribution in [0.25, 0.3) is 0 Å². The number of nitrogens with zero attached hydrogens (tertiary/aromatic N) is 1. The molecule has 0 aliphatic carbocycles. The number of benzene rings is 3. The Kier molecular flexibility index (Phi) is 8.44. The zero-order valence-electron chi connectivity index (χ0n) is 18.7. The Hall–Kier alpha value is -3.60. The highest BCUT2D eigenvalue weighted by Gasteiger charge is 2.29. The summed E-state index contributed by atoms with van der Waals surface area (Å²) in [6.45, 7) is 0.329. The Morgan fingerprint density at radius 1 is 0.875 bits per heavy atom. The lowest BCUT2D eigenvalue weighted by atomic mass is 10.0. The number of hydrogen-bond donors (Lipinski definition) is 1. The van der Waals surface area contributed by atoms with Crippen molar-refractivity contribution in [2.24, 2.45) is 0 Å². The van der Waals surface area contributed by atoms with Crippen LogP contribution in [-0.4, -0.2) is 36.9 Å². The smallest absolute Gasteiger partial charge is 0.242 e. The van der Waals surface area contributed by atoms with E-state index in [1.54, 1.807) is 19.1 Å². The molecule has 0 radical (unpaired) electrons. The number of amides is 2. The van der Waals surface area contributed by atoms with E-state index in [4.69, 9.17) is 4.74 Å². The van der Waals surface area contributed by atoms with E-state index in [2.05, 4.69) is 5.32 Å². The molecule has 0 aliphatic heterocycles. The molecule has 0 unspecified atom stereocenters. The Morgan fingerprint density at radius 3 is 2.12 bits per heavy atom. The molecule has 0 aliphatic rings. The van der Waals surface area contributed by atoms with Gasteiger partial charge in [0, 0.05) is 26.4 Å². The molecule has 5 heteroatoms. The molecule has 5 nitrogen and oxygen atoms in total. The lowest BCUT2D eigenvalue weighted by Crippen LogP contribution is -2.49. The van der Waals surface area contributed by atoms with Gasteiger partial charge in [0.25, 0.3) is 0 Å². The zero-order chi connectivity index (χ0) is 22.8. The number of hydrogen-bond acceptors (Lipinski definition) is 3. The summed E-state index contributed by atoms with van der Waals surface area (Å²) in [5, 5.41) is 2.75. The molecule has 0 fully saturated rings. The molecule has 2 amide bonds. The summed E-state index contributed by atoms with van der Waals surface area (Å²) >= 11 is 0. The monoisotopic (exact) mass is 430 g/mol. The van der Waals surface area contributed by atoms with Gasteiger partial charge in [0.15, 0.2) is 0 Å². The largest absolute Gasteiger partial charge is 0.497 e. The van der Waals surface area contributed by atoms with Crippen LogP contribution < -0.4 is 10.1 Å². The van der Waals surface area contributed by atoms with Gasteiger partial charge in [-0.15, -0.1) is 0 Å². The van der Waals surface area contributed by atoms with Gasteiger partial charge in [0.05, 0.1) is 7.11 Å². The number of aryl methyl sites for hydroxylation is 1. The van der Waals surface area contributed by atoms with Crippen molar-refractivity contribution in [3.05, 3.63) is 102 Å². The Bertz CT molecular complexity index is 1010. The summed E-state index contributed by atoms with van der Waals surface area (Å²) in [7, 11) is 3.23. The molecular weight excluding hydrogens is 400 g/mol. The van der Waals surface area contributed by atoms with Crippen molar-refractivity contribution in [1.29, 1.82) is 0 Å². The summed E-state index contributed by atoms with van der Waals surface area (Å²) in [4.78, 5) is 28.1. The molecule has 3 aromatic carbocycles. The molecule has 0 saturated heterocycles. The van der Waals surface area contributed by atoms with E-state index in [0.29, 0.717) is 25.8 Å². The number of carbonyl (C=O) groups excluding carboxylic acids is 2. The van der Waals surface area contributed by atoms with Gasteiger partial charge in [-0.3, -0.25) is 9.59 Å². The van der Waals surface area contributed by atoms with Gasteiger partial charge in [-0.2, -0.15) is 0 Å². The summed E-state index contributed by atoms with van der Waals surface area (Å²) in [5.74, 6) is 0.491. The first-order valence-electron chi connectivity index (χ1n) is 10.8. The number of carbonyl (C=O) groups is 2. The normalized spacial score (nSPS) is 11.4. The van der Waals surface area contributed by atoms with Crippen LogP contribution in [0.2, 0.25) is 0 Å². The zero-order valence-corrected chi connectivity index (χ0v) is 18.7. The van der Waals surface area contributed by atoms with E-state index >= 15 is 0 Å². The second-order valence-electron chi connectivity index (χ2n) is 7.68. The fraction of sp³-hybridized carbons (Fsp3) is 0.259. The van der Waals surface area contributed by atoms with Gasteiger partial charge in [0.2, 0.25) is 11.8 Å². The predicted octanol–water partition coefficient (Wildman–Crippen LogP) is 4.01. The quantitative estimate of drug-likeness (QED) is 0.529. The Balaban J connectivity index is 1.88. The lowest BCUT2D eigenvalue weighted by Gasteiger charge is -2.31. The van der Waals surface area contributed by atoms with Gasteiger partial charge in [-0.05, 0) is 35.2 Å². The van der Waals surface area contributed by atoms with Crippen LogP contribution in [0.1, 0.15) is 23.1 Å². The van der Waals surface area contributed by atoms with Crippen LogP contribution >= 0.6 is 0 Å². The summed E-state index contributed by atoms with van der Waals surface area (Å²) in [6, 6.07) is 26.7. The SMILES string of the molecule is CNC(=O)[C@@H](Cc1ccccc1)N(Cc1cccc(OC)c1)C(=O)CCc1ccccc1. The van der Waals surface area contributed by atoms with Crippen LogP contribution in [0.15, 0.2) is 84.9 Å². The molecule has 166 valence electrons. The van der Waals surface area contributed by atoms with Gasteiger partial charge < -0.3 is 15.0 Å². The van der Waals surface area contributed by atoms with Crippen molar-refractivity contribution in [2.45, 2.75) is 31.8 Å². The van der Waals surface area contributed by atoms with E-state index in [9.17, 15) is 9.59 Å². The molecule has 0 heterocycles. The van der Waals surface area contributed by atoms with E-state index in [1.165, 1.54) is 0 Å². The minimum atomic E-state index is -0.614. The highest BCUT2D eigenvalue weighted by Crippen LogP contribution is 2.19. The highest BCUT2D eigenvalue weighted by molar-refractivity contribution is 5.88. The maximum absolute atomic E-state index is 13.4. The van der Waals surface area contributed by atoms with E-state index in [0.717, 1.165) is 22.4 Å². The highest BCUT2D eigenvalue weighted by atomic mass is 16.5. The first-order chi connectivity index (χ1) is 15.6. The van der Waals surface area contributed by atoms with Crippen LogP contribution in [0.5, 0.6) is 5.75 Å². The number of likely N-dealkylation sites (N-methyl/N-ethyl adjacent to an activating group) is 1. The molecular formula is C27H30N2O3. The molecule has 0 aromatic heterocycles. The third-order valence-corrected chi connectivity index (χ3v) is 5.47. The van der Waals surface area contributed by atoms with Crippen molar-refractivity contribution < 1.29 is 14.3 Å². The molecule has 3 rings (SSSR count). The van der Waals surface area contributed by atoms with Crippen molar-refractivity contribution in [1.82, 2.24) is 10.2 Å². The standard InChI is InChI=1S/C27H30N2O3/c1-28-27(31)25(19-22-12-7-4-8-13-22)29(20-23-14-9-15-24(18-23)32-2)26(30)17-16-21-10-5-3-6-11-21/h3-15,18,25H,16-17,19-20H2,1-2H3,(H,28,31)/t25-/m1/s1. The van der Waals surface area contributed by atoms with Gasteiger partial charge in [-0.25, -0.2) is 0 Å². The fourth-order valence-corrected chi connectivity index (χ4v) is 3.73. The van der Waals surface area contributed by atoms with Crippen LogP contribution in [-0.2, 0) is 29.0 Å². The average molecular weight is 431 g/mol. The van der Waals surface area contributed by atoms with Crippen molar-refractivity contribution >= 4 is 11.8 Å². The third kappa shape index (κ3) is 6.45. The topological polar surface area (TPSA) is 58.6 Å². The molecule has 0 bridgehead atoms. The summed E-state index contributed by atoms with van der Waals surface area (Å²) < 4.78 is 5.34. The van der Waals surface area contributed by atoms with E-state index < -0.39 is 6.04 Å². The van der Waals surface area contributed by atoms with Crippen LogP contribution in [0.3, 0.4) is 0 Å². The Morgan fingerprint density at radius 2 is 1.50 bits per heavy atom. The molecule has 3 aromatic rings. The van der Waals surface area contributed by atoms with E-state index in [1.807, 2.05) is 84.9 Å². The van der Waals surface area contributed by atoms with Crippen molar-refractivity contribution in [3.8, 4) is 5.75 Å². The first kappa shape index (κ1) is 23.1. The number of rotatable bonds is 10. The van der Waals surface area contributed by atoms with Gasteiger partial charge in [0.1, 0.15) is 11.8 Å². The van der Waals surface area contributed by atoms with E-state index in [-0.39, 0.29) is 11.8 Å². The first-order valence-corrected chi connectivity index (χ1v) is 10.8. The lowest BCUT2D eigenvalue weighted by molar-refractivity contribution is -0.141. The number of ether oxygens (including phenoxy) is 1. The van der Waals surface area contributed by atoms with Gasteiger partial charge >= 0.3 is 0 Å². The van der Waals surface area contributed by atoms with Gasteiger partial charge in [-0.1, -0.05) is 72.8 Å². The number of nitrogens with one attached hydrogen (secondary N) is 1. The van der Waals surface area contributed by atoms with Crippen LogP contribution in [0, 0.1) is 0 Å². The summed E-state index contributed by atoms with van der Waals surface area (Å²) in [5.41, 5.74) is 3.02. The molecule has 1 N–H and O–H groups in total. The maximum atomic E-state index is 13.4. The molecule has 32 heavy (non-hydrogen) atoms. The second-order valence-corrected chi connectivity index (χ2v) is 7.68. The maximum Gasteiger partial charge on any atom is 0.242 e. The van der Waals surface area contributed by atoms with Crippen molar-refractivity contribution in [3.63, 3.8) is 0 Å². The molecule has 0 spiro atoms. The minimum absolute atomic E-state index is 0.0544. The number of methoxy groups -OCH3 is 1. The van der Waals surface area contributed by atoms with Crippen molar-refractivity contribution in [2.75, 3.05) is 14.2 Å². The summed E-state index contributed by atoms with van der Waals surface area (Å²) in [6.07, 6.45) is 1.40. The Labute approximate surface area is 190 Å². The molecule has 1 atom stereocenters. The molecule has 0 saturated carbocycles. The van der Waals surface area contributed by atoms with Crippen LogP contribution in [0.4, 0.5) is 0 Å². The minimum Gasteiger partial charge on any atom is -0.497 e. The fourth-order valence-electron chi connectivity index (χ4n) is 3.73. The average Bonchev–Trinajstić information content (AvgIpc) is 2.85.